The third kappa shape index (κ3) is 2.61. The number of hydrogen-bond donors (Lipinski definition) is 3. The number of benzene rings is 1. The zero-order valence-electron chi connectivity index (χ0n) is 15.1. The summed E-state index contributed by atoms with van der Waals surface area (Å²) in [6.45, 7) is 2.10. The minimum atomic E-state index is -0.950. The lowest BCUT2D eigenvalue weighted by atomic mass is 10.0. The molecule has 4 aliphatic rings. The van der Waals surface area contributed by atoms with E-state index >= 15 is 0 Å². The maximum atomic E-state index is 12.8. The number of nitrogens with one attached hydrogen (secondary N) is 3. The van der Waals surface area contributed by atoms with Gasteiger partial charge in [0.05, 0.1) is 23.3 Å². The molecule has 4 heterocycles. The number of rotatable bonds is 4. The number of imide groups is 2. The van der Waals surface area contributed by atoms with E-state index < -0.39 is 23.8 Å². The summed E-state index contributed by atoms with van der Waals surface area (Å²) < 4.78 is 5.88. The van der Waals surface area contributed by atoms with Crippen molar-refractivity contribution in [1.82, 2.24) is 15.5 Å². The predicted octanol–water partition coefficient (Wildman–Crippen LogP) is -0.369. The largest absolute Gasteiger partial charge is 0.382 e. The second-order valence-electron chi connectivity index (χ2n) is 7.84. The van der Waals surface area contributed by atoms with Crippen molar-refractivity contribution in [2.75, 3.05) is 25.0 Å². The van der Waals surface area contributed by atoms with Crippen molar-refractivity contribution in [1.29, 1.82) is 0 Å². The van der Waals surface area contributed by atoms with Crippen LogP contribution < -0.4 is 16.0 Å². The van der Waals surface area contributed by atoms with Crippen LogP contribution in [-0.2, 0) is 14.3 Å². The van der Waals surface area contributed by atoms with E-state index in [0.717, 1.165) is 23.6 Å². The van der Waals surface area contributed by atoms with Crippen molar-refractivity contribution in [2.24, 2.45) is 0 Å². The van der Waals surface area contributed by atoms with Gasteiger partial charge in [-0.2, -0.15) is 0 Å². The molecule has 1 aromatic rings. The van der Waals surface area contributed by atoms with Crippen LogP contribution in [0.5, 0.6) is 0 Å². The Morgan fingerprint density at radius 2 is 2.00 bits per heavy atom. The summed E-state index contributed by atoms with van der Waals surface area (Å²) in [6, 6.07) is 4.46. The quantitative estimate of drug-likeness (QED) is 0.607. The van der Waals surface area contributed by atoms with Crippen LogP contribution in [0.4, 0.5) is 5.69 Å². The zero-order chi connectivity index (χ0) is 19.5. The highest BCUT2D eigenvalue weighted by Crippen LogP contribution is 2.33. The summed E-state index contributed by atoms with van der Waals surface area (Å²) in [4.78, 5) is 50.0. The lowest BCUT2D eigenvalue weighted by Gasteiger charge is -2.27. The maximum absolute atomic E-state index is 12.8. The van der Waals surface area contributed by atoms with Gasteiger partial charge in [0, 0.05) is 31.2 Å². The SMILES string of the molecule is O=C1CCC(N2C(=O)c3ccc(NCC45CNC(CO4)C5)cc3C2=O)C(=O)N1. The van der Waals surface area contributed by atoms with Gasteiger partial charge in [0.2, 0.25) is 11.8 Å². The highest BCUT2D eigenvalue weighted by atomic mass is 16.5. The maximum Gasteiger partial charge on any atom is 0.262 e. The highest BCUT2D eigenvalue weighted by Gasteiger charge is 2.47. The van der Waals surface area contributed by atoms with Crippen molar-refractivity contribution in [3.05, 3.63) is 29.3 Å². The van der Waals surface area contributed by atoms with Crippen LogP contribution in [-0.4, -0.2) is 65.9 Å². The summed E-state index contributed by atoms with van der Waals surface area (Å²) in [5, 5.41) is 8.91. The minimum Gasteiger partial charge on any atom is -0.382 e. The molecule has 3 N–H and O–H groups in total. The van der Waals surface area contributed by atoms with Gasteiger partial charge in [0.25, 0.3) is 11.8 Å². The lowest BCUT2D eigenvalue weighted by molar-refractivity contribution is -0.136. The van der Waals surface area contributed by atoms with Gasteiger partial charge in [0.1, 0.15) is 6.04 Å². The molecule has 3 saturated heterocycles. The molecule has 0 spiro atoms. The van der Waals surface area contributed by atoms with Crippen LogP contribution in [0.15, 0.2) is 18.2 Å². The Kier molecular flexibility index (Phi) is 3.78. The van der Waals surface area contributed by atoms with Crippen molar-refractivity contribution in [2.45, 2.75) is 36.9 Å². The van der Waals surface area contributed by atoms with Gasteiger partial charge in [-0.25, -0.2) is 0 Å². The van der Waals surface area contributed by atoms with Crippen LogP contribution >= 0.6 is 0 Å². The minimum absolute atomic E-state index is 0.105. The lowest BCUT2D eigenvalue weighted by Crippen LogP contribution is -2.54. The Balaban J connectivity index is 1.34. The summed E-state index contributed by atoms with van der Waals surface area (Å²) in [5.41, 5.74) is 1.03. The molecule has 0 aromatic heterocycles. The Morgan fingerprint density at radius 3 is 2.68 bits per heavy atom. The molecule has 4 amide bonds. The number of piperidine rings is 1. The fourth-order valence-corrected chi connectivity index (χ4v) is 4.46. The summed E-state index contributed by atoms with van der Waals surface area (Å²) in [6.07, 6.45) is 1.20. The Bertz CT molecular complexity index is 906. The second-order valence-corrected chi connectivity index (χ2v) is 7.84. The summed E-state index contributed by atoms with van der Waals surface area (Å²) in [7, 11) is 0. The molecule has 9 nitrogen and oxygen atoms in total. The first-order valence-corrected chi connectivity index (χ1v) is 9.43. The van der Waals surface area contributed by atoms with E-state index in [9.17, 15) is 19.2 Å². The number of hydrogen-bond acceptors (Lipinski definition) is 7. The fraction of sp³-hybridized carbons (Fsp3) is 0.474. The summed E-state index contributed by atoms with van der Waals surface area (Å²) >= 11 is 0. The first-order chi connectivity index (χ1) is 13.5. The number of ether oxygens (including phenoxy) is 1. The number of carbonyl (C=O) groups is 4. The van der Waals surface area contributed by atoms with E-state index in [0.29, 0.717) is 19.2 Å². The normalized spacial score (nSPS) is 31.4. The molecule has 4 aliphatic heterocycles. The number of morpholine rings is 1. The molecule has 3 atom stereocenters. The third-order valence-electron chi connectivity index (χ3n) is 5.98. The van der Waals surface area contributed by atoms with E-state index in [1.54, 1.807) is 18.2 Å². The predicted molar refractivity (Wildman–Crippen MR) is 96.7 cm³/mol. The van der Waals surface area contributed by atoms with Gasteiger partial charge in [-0.05, 0) is 31.0 Å². The zero-order valence-corrected chi connectivity index (χ0v) is 15.1. The van der Waals surface area contributed by atoms with Gasteiger partial charge in [-0.15, -0.1) is 0 Å². The number of amides is 4. The Morgan fingerprint density at radius 1 is 1.18 bits per heavy atom. The molecule has 9 heteroatoms. The molecule has 2 bridgehead atoms. The highest BCUT2D eigenvalue weighted by molar-refractivity contribution is 6.23. The van der Waals surface area contributed by atoms with Gasteiger partial charge in [-0.3, -0.25) is 29.4 Å². The number of fused-ring (bicyclic) bond motifs is 3. The van der Waals surface area contributed by atoms with Crippen LogP contribution in [0.3, 0.4) is 0 Å². The van der Waals surface area contributed by atoms with E-state index in [-0.39, 0.29) is 35.5 Å². The van der Waals surface area contributed by atoms with E-state index in [1.165, 1.54) is 0 Å². The number of carbonyl (C=O) groups excluding carboxylic acids is 4. The molecule has 0 saturated carbocycles. The standard InChI is InChI=1S/C19H20N4O5/c24-15-4-3-14(16(25)22-15)23-17(26)12-2-1-10(5-13(12)18(23)27)20-8-19-6-11(7-28-19)21-9-19/h1-2,5,11,14,20-21H,3-4,6-9H2,(H,22,24,25). The molecule has 1 aromatic carbocycles. The summed E-state index contributed by atoms with van der Waals surface area (Å²) in [5.74, 6) is -2.00. The van der Waals surface area contributed by atoms with Crippen LogP contribution in [0, 0.1) is 0 Å². The van der Waals surface area contributed by atoms with E-state index in [4.69, 9.17) is 4.74 Å². The Hall–Kier alpha value is -2.78. The van der Waals surface area contributed by atoms with Crippen LogP contribution in [0.2, 0.25) is 0 Å². The van der Waals surface area contributed by atoms with Crippen molar-refractivity contribution >= 4 is 29.3 Å². The molecular formula is C19H20N4O5. The average molecular weight is 384 g/mol. The van der Waals surface area contributed by atoms with Crippen LogP contribution in [0.1, 0.15) is 40.0 Å². The average Bonchev–Trinajstić information content (AvgIpc) is 3.35. The molecule has 5 rings (SSSR count). The van der Waals surface area contributed by atoms with Gasteiger partial charge >= 0.3 is 0 Å². The third-order valence-corrected chi connectivity index (χ3v) is 5.98. The van der Waals surface area contributed by atoms with Crippen LogP contribution in [0.25, 0.3) is 0 Å². The molecule has 28 heavy (non-hydrogen) atoms. The van der Waals surface area contributed by atoms with E-state index in [1.807, 2.05) is 0 Å². The monoisotopic (exact) mass is 384 g/mol. The van der Waals surface area contributed by atoms with Crippen molar-refractivity contribution in [3.8, 4) is 0 Å². The Labute approximate surface area is 160 Å². The fourth-order valence-electron chi connectivity index (χ4n) is 4.46. The second kappa shape index (κ2) is 6.11. The number of anilines is 1. The molecular weight excluding hydrogens is 364 g/mol. The first kappa shape index (κ1) is 17.3. The first-order valence-electron chi connectivity index (χ1n) is 9.43. The van der Waals surface area contributed by atoms with Gasteiger partial charge in [-0.1, -0.05) is 0 Å². The van der Waals surface area contributed by atoms with Crippen molar-refractivity contribution in [3.63, 3.8) is 0 Å². The molecule has 3 fully saturated rings. The topological polar surface area (TPSA) is 117 Å². The smallest absolute Gasteiger partial charge is 0.262 e. The van der Waals surface area contributed by atoms with E-state index in [2.05, 4.69) is 16.0 Å². The van der Waals surface area contributed by atoms with Gasteiger partial charge < -0.3 is 15.4 Å². The molecule has 0 radical (unpaired) electrons. The van der Waals surface area contributed by atoms with Crippen molar-refractivity contribution < 1.29 is 23.9 Å². The number of nitrogens with zero attached hydrogens (tertiary/aromatic N) is 1. The molecule has 146 valence electrons. The van der Waals surface area contributed by atoms with Gasteiger partial charge in [0.15, 0.2) is 0 Å². The molecule has 3 unspecified atom stereocenters. The molecule has 0 aliphatic carbocycles.